The topological polar surface area (TPSA) is 88.0 Å². The fraction of sp³-hybridized carbons (Fsp3) is 0.133. The molecule has 0 spiro atoms. The average molecular weight is 283 g/mol. The van der Waals surface area contributed by atoms with Crippen LogP contribution in [0.4, 0.5) is 5.82 Å². The van der Waals surface area contributed by atoms with Crippen molar-refractivity contribution < 1.29 is 9.21 Å². The monoisotopic (exact) mass is 283 g/mol. The van der Waals surface area contributed by atoms with Gasteiger partial charge in [0.25, 0.3) is 5.91 Å². The summed E-state index contributed by atoms with van der Waals surface area (Å²) in [6.45, 7) is 1.97. The number of hydrogen-bond acceptors (Lipinski definition) is 4. The minimum absolute atomic E-state index is 0.0465. The molecular formula is C15H13N3O3. The second-order valence-electron chi connectivity index (χ2n) is 4.57. The summed E-state index contributed by atoms with van der Waals surface area (Å²) in [7, 11) is 0. The molecule has 0 bridgehead atoms. The van der Waals surface area contributed by atoms with Gasteiger partial charge in [0.2, 0.25) is 0 Å². The number of carbonyl (C=O) groups is 1. The highest BCUT2D eigenvalue weighted by Gasteiger charge is 2.14. The van der Waals surface area contributed by atoms with Gasteiger partial charge >= 0.3 is 5.63 Å². The lowest BCUT2D eigenvalue weighted by Gasteiger charge is -2.02. The summed E-state index contributed by atoms with van der Waals surface area (Å²) in [5, 5.41) is 10.0. The molecule has 106 valence electrons. The molecule has 1 aromatic carbocycles. The van der Waals surface area contributed by atoms with Gasteiger partial charge in [-0.05, 0) is 18.6 Å². The van der Waals surface area contributed by atoms with E-state index < -0.39 is 11.5 Å². The number of fused-ring (bicyclic) bond motifs is 1. The highest BCUT2D eigenvalue weighted by atomic mass is 16.4. The zero-order chi connectivity index (χ0) is 14.8. The molecule has 0 atom stereocenters. The Morgan fingerprint density at radius 3 is 2.90 bits per heavy atom. The third-order valence-corrected chi connectivity index (χ3v) is 3.14. The third kappa shape index (κ3) is 2.55. The Labute approximate surface area is 119 Å². The first-order chi connectivity index (χ1) is 10.2. The number of amides is 1. The van der Waals surface area contributed by atoms with E-state index in [0.717, 1.165) is 12.1 Å². The summed E-state index contributed by atoms with van der Waals surface area (Å²) >= 11 is 0. The average Bonchev–Trinajstić information content (AvgIpc) is 2.94. The summed E-state index contributed by atoms with van der Waals surface area (Å²) in [5.41, 5.74) is 0.634. The third-order valence-electron chi connectivity index (χ3n) is 3.14. The summed E-state index contributed by atoms with van der Waals surface area (Å²) in [5.74, 6) is -0.159. The number of hydrogen-bond donors (Lipinski definition) is 2. The Kier molecular flexibility index (Phi) is 3.27. The summed E-state index contributed by atoms with van der Waals surface area (Å²) in [4.78, 5) is 24.0. The zero-order valence-corrected chi connectivity index (χ0v) is 11.3. The number of aromatic nitrogens is 2. The van der Waals surface area contributed by atoms with Crippen LogP contribution in [0.5, 0.6) is 0 Å². The molecule has 0 saturated heterocycles. The number of aryl methyl sites for hydroxylation is 1. The van der Waals surface area contributed by atoms with Crippen molar-refractivity contribution in [3.05, 3.63) is 58.1 Å². The predicted molar refractivity (Wildman–Crippen MR) is 78.4 cm³/mol. The molecule has 0 aliphatic carbocycles. The van der Waals surface area contributed by atoms with E-state index in [1.807, 2.05) is 13.0 Å². The number of nitrogens with zero attached hydrogens (tertiary/aromatic N) is 1. The molecule has 0 aliphatic heterocycles. The van der Waals surface area contributed by atoms with E-state index >= 15 is 0 Å². The first-order valence-electron chi connectivity index (χ1n) is 6.56. The Morgan fingerprint density at radius 1 is 1.33 bits per heavy atom. The molecule has 3 rings (SSSR count). The van der Waals surface area contributed by atoms with Crippen LogP contribution < -0.4 is 10.9 Å². The van der Waals surface area contributed by atoms with Gasteiger partial charge in [-0.2, -0.15) is 5.10 Å². The minimum Gasteiger partial charge on any atom is -0.422 e. The van der Waals surface area contributed by atoms with E-state index in [-0.39, 0.29) is 5.56 Å². The van der Waals surface area contributed by atoms with Crippen LogP contribution in [0, 0.1) is 0 Å². The molecule has 0 aliphatic rings. The number of nitrogens with one attached hydrogen (secondary N) is 2. The second-order valence-corrected chi connectivity index (χ2v) is 4.57. The number of rotatable bonds is 3. The van der Waals surface area contributed by atoms with Crippen LogP contribution in [-0.2, 0) is 6.42 Å². The van der Waals surface area contributed by atoms with Crippen molar-refractivity contribution in [2.75, 3.05) is 5.32 Å². The van der Waals surface area contributed by atoms with Crippen LogP contribution in [0.2, 0.25) is 0 Å². The normalized spacial score (nSPS) is 10.7. The van der Waals surface area contributed by atoms with E-state index in [1.54, 1.807) is 24.3 Å². The van der Waals surface area contributed by atoms with E-state index in [2.05, 4.69) is 15.5 Å². The molecule has 0 fully saturated rings. The van der Waals surface area contributed by atoms with Gasteiger partial charge in [-0.1, -0.05) is 25.1 Å². The number of para-hydroxylation sites is 1. The van der Waals surface area contributed by atoms with Crippen LogP contribution in [0.15, 0.2) is 45.6 Å². The van der Waals surface area contributed by atoms with Crippen molar-refractivity contribution in [1.29, 1.82) is 0 Å². The smallest absolute Gasteiger partial charge is 0.349 e. The van der Waals surface area contributed by atoms with Gasteiger partial charge in [-0.25, -0.2) is 4.79 Å². The van der Waals surface area contributed by atoms with Crippen LogP contribution in [-0.4, -0.2) is 16.1 Å². The number of H-pyrrole nitrogens is 1. The number of aromatic amines is 1. The first kappa shape index (κ1) is 13.1. The lowest BCUT2D eigenvalue weighted by atomic mass is 10.2. The predicted octanol–water partition coefficient (Wildman–Crippen LogP) is 2.33. The van der Waals surface area contributed by atoms with Crippen LogP contribution in [0.1, 0.15) is 23.0 Å². The Balaban J connectivity index is 1.93. The maximum Gasteiger partial charge on any atom is 0.349 e. The van der Waals surface area contributed by atoms with Crippen molar-refractivity contribution in [3.63, 3.8) is 0 Å². The lowest BCUT2D eigenvalue weighted by Crippen LogP contribution is -2.20. The van der Waals surface area contributed by atoms with Crippen molar-refractivity contribution in [2.45, 2.75) is 13.3 Å². The molecule has 21 heavy (non-hydrogen) atoms. The van der Waals surface area contributed by atoms with Gasteiger partial charge < -0.3 is 9.73 Å². The van der Waals surface area contributed by atoms with Crippen LogP contribution in [0.25, 0.3) is 11.0 Å². The molecular weight excluding hydrogens is 270 g/mol. The maximum atomic E-state index is 12.2. The van der Waals surface area contributed by atoms with E-state index in [1.165, 1.54) is 6.07 Å². The standard InChI is InChI=1S/C15H13N3O3/c1-2-10-8-13(18-17-10)16-14(19)11-7-9-5-3-4-6-12(9)21-15(11)20/h3-8H,2H2,1H3,(H2,16,17,18,19). The minimum atomic E-state index is -0.669. The van der Waals surface area contributed by atoms with E-state index in [9.17, 15) is 9.59 Å². The van der Waals surface area contributed by atoms with Crippen LogP contribution in [0.3, 0.4) is 0 Å². The van der Waals surface area contributed by atoms with Crippen molar-refractivity contribution >= 4 is 22.7 Å². The summed E-state index contributed by atoms with van der Waals surface area (Å²) in [6.07, 6.45) is 0.779. The number of anilines is 1. The number of benzene rings is 1. The SMILES string of the molecule is CCc1cc(NC(=O)c2cc3ccccc3oc2=O)n[nH]1. The Hall–Kier alpha value is -2.89. The van der Waals surface area contributed by atoms with Gasteiger partial charge in [0, 0.05) is 17.1 Å². The molecule has 0 saturated carbocycles. The molecule has 6 heteroatoms. The fourth-order valence-electron chi connectivity index (χ4n) is 2.01. The molecule has 2 aromatic heterocycles. The Morgan fingerprint density at radius 2 is 2.14 bits per heavy atom. The van der Waals surface area contributed by atoms with Crippen molar-refractivity contribution in [1.82, 2.24) is 10.2 Å². The van der Waals surface area contributed by atoms with Crippen molar-refractivity contribution in [3.8, 4) is 0 Å². The quantitative estimate of drug-likeness (QED) is 0.722. The Bertz CT molecular complexity index is 864. The van der Waals surface area contributed by atoms with Gasteiger partial charge in [0.15, 0.2) is 5.82 Å². The van der Waals surface area contributed by atoms with Gasteiger partial charge in [0.1, 0.15) is 11.1 Å². The van der Waals surface area contributed by atoms with Gasteiger partial charge in [0.05, 0.1) is 0 Å². The molecule has 0 unspecified atom stereocenters. The fourth-order valence-corrected chi connectivity index (χ4v) is 2.01. The molecule has 2 N–H and O–H groups in total. The highest BCUT2D eigenvalue weighted by molar-refractivity contribution is 6.04. The molecule has 1 amide bonds. The molecule has 2 heterocycles. The van der Waals surface area contributed by atoms with Crippen molar-refractivity contribution in [2.24, 2.45) is 0 Å². The second kappa shape index (κ2) is 5.24. The van der Waals surface area contributed by atoms with Gasteiger partial charge in [-0.3, -0.25) is 9.89 Å². The van der Waals surface area contributed by atoms with E-state index in [4.69, 9.17) is 4.42 Å². The molecule has 3 aromatic rings. The largest absolute Gasteiger partial charge is 0.422 e. The summed E-state index contributed by atoms with van der Waals surface area (Å²) in [6, 6.07) is 10.3. The lowest BCUT2D eigenvalue weighted by molar-refractivity contribution is 0.102. The first-order valence-corrected chi connectivity index (χ1v) is 6.56. The summed E-state index contributed by atoms with van der Waals surface area (Å²) < 4.78 is 5.13. The molecule has 6 nitrogen and oxygen atoms in total. The van der Waals surface area contributed by atoms with Crippen LogP contribution >= 0.6 is 0 Å². The highest BCUT2D eigenvalue weighted by Crippen LogP contribution is 2.14. The van der Waals surface area contributed by atoms with Gasteiger partial charge in [-0.15, -0.1) is 0 Å². The maximum absolute atomic E-state index is 12.2. The van der Waals surface area contributed by atoms with E-state index in [0.29, 0.717) is 16.8 Å². The molecule has 0 radical (unpaired) electrons. The zero-order valence-electron chi connectivity index (χ0n) is 11.3. The number of carbonyl (C=O) groups excluding carboxylic acids is 1.